The lowest BCUT2D eigenvalue weighted by Crippen LogP contribution is -2.19. The van der Waals surface area contributed by atoms with E-state index < -0.39 is 23.2 Å². The number of oxazole rings is 1. The van der Waals surface area contributed by atoms with Crippen LogP contribution >= 0.6 is 0 Å². The SMILES string of the molecule is CCc1ncoc1NC(=O)c1cnccc1C(F)(F)F. The van der Waals surface area contributed by atoms with Crippen molar-refractivity contribution in [3.05, 3.63) is 41.7 Å². The molecule has 0 spiro atoms. The Balaban J connectivity index is 2.31. The number of alkyl halides is 3. The highest BCUT2D eigenvalue weighted by Gasteiger charge is 2.35. The summed E-state index contributed by atoms with van der Waals surface area (Å²) in [5.41, 5.74) is -1.17. The Morgan fingerprint density at radius 2 is 2.20 bits per heavy atom. The molecule has 106 valence electrons. The van der Waals surface area contributed by atoms with E-state index in [-0.39, 0.29) is 5.88 Å². The van der Waals surface area contributed by atoms with Crippen molar-refractivity contribution in [1.29, 1.82) is 0 Å². The first-order chi connectivity index (χ1) is 9.43. The van der Waals surface area contributed by atoms with Crippen LogP contribution in [0, 0.1) is 0 Å². The Bertz CT molecular complexity index is 622. The van der Waals surface area contributed by atoms with Crippen LogP contribution in [0.2, 0.25) is 0 Å². The number of rotatable bonds is 3. The van der Waals surface area contributed by atoms with Gasteiger partial charge in [0, 0.05) is 12.4 Å². The third-order valence-corrected chi connectivity index (χ3v) is 2.57. The van der Waals surface area contributed by atoms with E-state index in [1.165, 1.54) is 0 Å². The lowest BCUT2D eigenvalue weighted by molar-refractivity contribution is -0.138. The van der Waals surface area contributed by atoms with Crippen LogP contribution in [0.3, 0.4) is 0 Å². The predicted molar refractivity (Wildman–Crippen MR) is 63.1 cm³/mol. The Labute approximate surface area is 111 Å². The summed E-state index contributed by atoms with van der Waals surface area (Å²) < 4.78 is 43.3. The second-order valence-corrected chi connectivity index (χ2v) is 3.85. The molecule has 0 bridgehead atoms. The molecule has 0 aromatic carbocycles. The minimum Gasteiger partial charge on any atom is -0.427 e. The van der Waals surface area contributed by atoms with Gasteiger partial charge in [-0.15, -0.1) is 0 Å². The monoisotopic (exact) mass is 285 g/mol. The molecule has 2 aromatic rings. The van der Waals surface area contributed by atoms with Crippen molar-refractivity contribution in [3.8, 4) is 0 Å². The number of carbonyl (C=O) groups excluding carboxylic acids is 1. The lowest BCUT2D eigenvalue weighted by atomic mass is 10.1. The van der Waals surface area contributed by atoms with E-state index in [1.807, 2.05) is 0 Å². The molecule has 0 aliphatic rings. The van der Waals surface area contributed by atoms with E-state index in [2.05, 4.69) is 15.3 Å². The average Bonchev–Trinajstić information content (AvgIpc) is 2.85. The summed E-state index contributed by atoms with van der Waals surface area (Å²) >= 11 is 0. The number of halogens is 3. The third-order valence-electron chi connectivity index (χ3n) is 2.57. The van der Waals surface area contributed by atoms with Crippen LogP contribution in [0.4, 0.5) is 19.1 Å². The second-order valence-electron chi connectivity index (χ2n) is 3.85. The van der Waals surface area contributed by atoms with Crippen LogP contribution in [0.15, 0.2) is 29.3 Å². The Morgan fingerprint density at radius 3 is 2.85 bits per heavy atom. The van der Waals surface area contributed by atoms with Crippen molar-refractivity contribution in [2.45, 2.75) is 19.5 Å². The predicted octanol–water partition coefficient (Wildman–Crippen LogP) is 2.90. The highest BCUT2D eigenvalue weighted by Crippen LogP contribution is 2.31. The molecular weight excluding hydrogens is 275 g/mol. The zero-order chi connectivity index (χ0) is 14.8. The van der Waals surface area contributed by atoms with Gasteiger partial charge >= 0.3 is 6.18 Å². The zero-order valence-corrected chi connectivity index (χ0v) is 10.4. The fourth-order valence-corrected chi connectivity index (χ4v) is 1.62. The molecular formula is C12H10F3N3O2. The molecule has 0 saturated heterocycles. The molecule has 1 amide bonds. The van der Waals surface area contributed by atoms with Crippen LogP contribution < -0.4 is 5.32 Å². The quantitative estimate of drug-likeness (QED) is 0.941. The van der Waals surface area contributed by atoms with Gasteiger partial charge in [-0.2, -0.15) is 13.2 Å². The van der Waals surface area contributed by atoms with Gasteiger partial charge in [-0.3, -0.25) is 15.1 Å². The summed E-state index contributed by atoms with van der Waals surface area (Å²) in [6.07, 6.45) is -1.20. The molecule has 5 nitrogen and oxygen atoms in total. The Kier molecular flexibility index (Phi) is 3.73. The Morgan fingerprint density at radius 1 is 1.45 bits per heavy atom. The summed E-state index contributed by atoms with van der Waals surface area (Å²) in [5.74, 6) is -0.911. The maximum atomic E-state index is 12.8. The van der Waals surface area contributed by atoms with Gasteiger partial charge in [0.1, 0.15) is 5.69 Å². The van der Waals surface area contributed by atoms with Crippen molar-refractivity contribution >= 4 is 11.8 Å². The maximum absolute atomic E-state index is 12.8. The molecule has 2 heterocycles. The summed E-state index contributed by atoms with van der Waals surface area (Å²) in [6.45, 7) is 1.78. The highest BCUT2D eigenvalue weighted by molar-refractivity contribution is 6.04. The van der Waals surface area contributed by atoms with E-state index in [0.29, 0.717) is 12.1 Å². The zero-order valence-electron chi connectivity index (χ0n) is 10.4. The third kappa shape index (κ3) is 2.79. The molecule has 1 N–H and O–H groups in total. The molecule has 0 fully saturated rings. The number of aryl methyl sites for hydroxylation is 1. The second kappa shape index (κ2) is 5.32. The molecule has 0 atom stereocenters. The van der Waals surface area contributed by atoms with Gasteiger partial charge in [-0.1, -0.05) is 6.92 Å². The van der Waals surface area contributed by atoms with E-state index >= 15 is 0 Å². The van der Waals surface area contributed by atoms with E-state index in [9.17, 15) is 18.0 Å². The lowest BCUT2D eigenvalue weighted by Gasteiger charge is -2.11. The number of nitrogens with zero attached hydrogens (tertiary/aromatic N) is 2. The van der Waals surface area contributed by atoms with Crippen LogP contribution in [0.25, 0.3) is 0 Å². The number of aromatic nitrogens is 2. The summed E-state index contributed by atoms with van der Waals surface area (Å²) in [7, 11) is 0. The van der Waals surface area contributed by atoms with E-state index in [4.69, 9.17) is 4.42 Å². The van der Waals surface area contributed by atoms with Gasteiger partial charge in [0.2, 0.25) is 5.88 Å². The van der Waals surface area contributed by atoms with Crippen molar-refractivity contribution in [3.63, 3.8) is 0 Å². The highest BCUT2D eigenvalue weighted by atomic mass is 19.4. The fraction of sp³-hybridized carbons (Fsp3) is 0.250. The number of amides is 1. The first-order valence-corrected chi connectivity index (χ1v) is 5.68. The molecule has 0 aliphatic carbocycles. The molecule has 8 heteroatoms. The van der Waals surface area contributed by atoms with Gasteiger partial charge in [-0.25, -0.2) is 4.98 Å². The standard InChI is InChI=1S/C12H10F3N3O2/c1-2-9-11(20-6-17-9)18-10(19)7-5-16-4-3-8(7)12(13,14)15/h3-6H,2H2,1H3,(H,18,19). The Hall–Kier alpha value is -2.38. The summed E-state index contributed by atoms with van der Waals surface area (Å²) in [5, 5.41) is 2.26. The molecule has 0 radical (unpaired) electrons. The van der Waals surface area contributed by atoms with Gasteiger partial charge in [0.25, 0.3) is 5.91 Å². The van der Waals surface area contributed by atoms with Gasteiger partial charge in [0.15, 0.2) is 6.39 Å². The molecule has 20 heavy (non-hydrogen) atoms. The summed E-state index contributed by atoms with van der Waals surface area (Å²) in [6, 6.07) is 0.746. The largest absolute Gasteiger partial charge is 0.427 e. The number of nitrogens with one attached hydrogen (secondary N) is 1. The fourth-order valence-electron chi connectivity index (χ4n) is 1.62. The number of hydrogen-bond donors (Lipinski definition) is 1. The van der Waals surface area contributed by atoms with Crippen LogP contribution in [0.1, 0.15) is 28.5 Å². The maximum Gasteiger partial charge on any atom is 0.417 e. The molecule has 2 rings (SSSR count). The van der Waals surface area contributed by atoms with Crippen molar-refractivity contribution < 1.29 is 22.4 Å². The minimum atomic E-state index is -4.63. The number of anilines is 1. The van der Waals surface area contributed by atoms with Gasteiger partial charge < -0.3 is 4.42 Å². The summed E-state index contributed by atoms with van der Waals surface area (Å²) in [4.78, 5) is 19.3. The van der Waals surface area contributed by atoms with E-state index in [0.717, 1.165) is 24.9 Å². The smallest absolute Gasteiger partial charge is 0.417 e. The molecule has 0 unspecified atom stereocenters. The average molecular weight is 285 g/mol. The first-order valence-electron chi connectivity index (χ1n) is 5.68. The van der Waals surface area contributed by atoms with Crippen LogP contribution in [-0.2, 0) is 12.6 Å². The topological polar surface area (TPSA) is 68.0 Å². The minimum absolute atomic E-state index is 0.0366. The number of hydrogen-bond acceptors (Lipinski definition) is 4. The molecule has 2 aromatic heterocycles. The van der Waals surface area contributed by atoms with Crippen molar-refractivity contribution in [1.82, 2.24) is 9.97 Å². The van der Waals surface area contributed by atoms with Crippen LogP contribution in [0.5, 0.6) is 0 Å². The first kappa shape index (κ1) is 14.0. The van der Waals surface area contributed by atoms with Gasteiger partial charge in [-0.05, 0) is 12.5 Å². The van der Waals surface area contributed by atoms with E-state index in [1.54, 1.807) is 6.92 Å². The number of pyridine rings is 1. The van der Waals surface area contributed by atoms with Gasteiger partial charge in [0.05, 0.1) is 11.1 Å². The molecule has 0 saturated carbocycles. The number of carbonyl (C=O) groups is 1. The molecule has 0 aliphatic heterocycles. The van der Waals surface area contributed by atoms with Crippen molar-refractivity contribution in [2.24, 2.45) is 0 Å². The van der Waals surface area contributed by atoms with Crippen LogP contribution in [-0.4, -0.2) is 15.9 Å². The van der Waals surface area contributed by atoms with Crippen molar-refractivity contribution in [2.75, 3.05) is 5.32 Å². The normalized spacial score (nSPS) is 11.4.